The Balaban J connectivity index is 0.000000196. The van der Waals surface area contributed by atoms with Gasteiger partial charge in [0.05, 0.1) is 23.6 Å². The van der Waals surface area contributed by atoms with E-state index in [-0.39, 0.29) is 0 Å². The average Bonchev–Trinajstić information content (AvgIpc) is 3.34. The normalized spacial score (nSPS) is 22.7. The number of nitrogens with zero attached hydrogens (tertiary/aromatic N) is 3. The van der Waals surface area contributed by atoms with Gasteiger partial charge in [-0.2, -0.15) is 0 Å². The van der Waals surface area contributed by atoms with Gasteiger partial charge < -0.3 is 45.9 Å². The molecule has 33 heavy (non-hydrogen) atoms. The molecule has 0 radical (unpaired) electrons. The monoisotopic (exact) mass is 504 g/mol. The first-order valence-corrected chi connectivity index (χ1v) is 11.3. The van der Waals surface area contributed by atoms with Crippen molar-refractivity contribution in [2.75, 3.05) is 17.7 Å². The molecule has 1 fully saturated rings. The Labute approximate surface area is 191 Å². The Kier molecular flexibility index (Phi) is 8.18. The van der Waals surface area contributed by atoms with Gasteiger partial charge in [0, 0.05) is 6.54 Å². The summed E-state index contributed by atoms with van der Waals surface area (Å²) in [6.07, 6.45) is -2.61. The van der Waals surface area contributed by atoms with E-state index >= 15 is 0 Å². The highest BCUT2D eigenvalue weighted by atomic mass is 35.5. The number of aromatic nitrogens is 4. The van der Waals surface area contributed by atoms with Gasteiger partial charge in [0.15, 0.2) is 17.8 Å². The number of phosphoric ester groups is 1. The van der Waals surface area contributed by atoms with Crippen LogP contribution >= 0.6 is 19.4 Å². The highest BCUT2D eigenvalue weighted by molar-refractivity contribution is 7.46. The predicted molar refractivity (Wildman–Crippen MR) is 116 cm³/mol. The molecular weight excluding hydrogens is 483 g/mol. The number of hydrogen-bond acceptors (Lipinski definition) is 11. The smallest absolute Gasteiger partial charge is 0.398 e. The molecule has 14 nitrogen and oxygen atoms in total. The number of imidazole rings is 1. The summed E-state index contributed by atoms with van der Waals surface area (Å²) in [6.45, 7) is -0.0231. The number of H-pyrrole nitrogens is 1. The van der Waals surface area contributed by atoms with Crippen molar-refractivity contribution in [2.24, 2.45) is 0 Å². The maximum Gasteiger partial charge on any atom is 0.469 e. The van der Waals surface area contributed by atoms with Crippen LogP contribution in [0.25, 0.3) is 11.2 Å². The molecule has 4 rings (SSSR count). The Morgan fingerprint density at radius 2 is 1.97 bits per heavy atom. The standard InChI is InChI=1S/C12H11ClN6.C5H11O8P/c13-8-3-7(1-2-9(8)14)4-15-11-10-12(17-5-16-10)19-6-18-11;6-3-2(1-12-14(9,10)11)13-5(8)4(3)7/h1-3,5-6H,4,14H2,(H2,15,16,17,18,19);2-8H,1H2,(H2,9,10,11)/t;2-,3-,4-,5?/m.1/s1. The number of nitrogen functional groups attached to an aromatic ring is 1. The number of aliphatic hydroxyl groups excluding tert-OH is 3. The lowest BCUT2D eigenvalue weighted by molar-refractivity contribution is -0.132. The van der Waals surface area contributed by atoms with Crippen molar-refractivity contribution >= 4 is 42.1 Å². The van der Waals surface area contributed by atoms with E-state index in [0.29, 0.717) is 28.7 Å². The van der Waals surface area contributed by atoms with Crippen LogP contribution in [0.3, 0.4) is 0 Å². The minimum absolute atomic E-state index is 0.550. The first kappa shape index (κ1) is 25.2. The van der Waals surface area contributed by atoms with E-state index in [9.17, 15) is 4.57 Å². The highest BCUT2D eigenvalue weighted by Crippen LogP contribution is 2.37. The fourth-order valence-electron chi connectivity index (χ4n) is 2.80. The topological polar surface area (TPSA) is 229 Å². The van der Waals surface area contributed by atoms with Crippen molar-refractivity contribution in [1.82, 2.24) is 19.9 Å². The van der Waals surface area contributed by atoms with E-state index in [1.54, 1.807) is 12.4 Å². The number of aliphatic hydroxyl groups is 3. The molecule has 1 aromatic carbocycles. The number of benzene rings is 1. The van der Waals surface area contributed by atoms with Crippen LogP contribution < -0.4 is 11.1 Å². The van der Waals surface area contributed by atoms with Crippen molar-refractivity contribution in [3.05, 3.63) is 41.4 Å². The minimum atomic E-state index is -4.64. The molecule has 1 saturated heterocycles. The second-order valence-electron chi connectivity index (χ2n) is 6.87. The number of nitrogens with two attached hydrogens (primary N) is 1. The Morgan fingerprint density at radius 3 is 2.61 bits per heavy atom. The van der Waals surface area contributed by atoms with Gasteiger partial charge in [-0.15, -0.1) is 0 Å². The molecule has 3 heterocycles. The summed E-state index contributed by atoms with van der Waals surface area (Å²) in [4.78, 5) is 32.0. The lowest BCUT2D eigenvalue weighted by atomic mass is 10.1. The summed E-state index contributed by atoms with van der Waals surface area (Å²) in [7, 11) is -4.64. The second-order valence-corrected chi connectivity index (χ2v) is 8.51. The molecule has 1 unspecified atom stereocenters. The lowest BCUT2D eigenvalue weighted by Crippen LogP contribution is -2.34. The van der Waals surface area contributed by atoms with Gasteiger partial charge in [0.1, 0.15) is 30.2 Å². The fraction of sp³-hybridized carbons (Fsp3) is 0.353. The maximum absolute atomic E-state index is 10.3. The Bertz CT molecular complexity index is 1130. The van der Waals surface area contributed by atoms with E-state index in [1.165, 1.54) is 6.33 Å². The molecule has 0 spiro atoms. The van der Waals surface area contributed by atoms with E-state index in [1.807, 2.05) is 12.1 Å². The summed E-state index contributed by atoms with van der Waals surface area (Å²) < 4.78 is 18.9. The van der Waals surface area contributed by atoms with E-state index < -0.39 is 39.0 Å². The summed E-state index contributed by atoms with van der Waals surface area (Å²) in [5.41, 5.74) is 8.68. The molecule has 9 N–H and O–H groups in total. The quantitative estimate of drug-likeness (QED) is 0.160. The number of hydrogen-bond donors (Lipinski definition) is 8. The molecule has 1 aliphatic heterocycles. The number of aromatic amines is 1. The van der Waals surface area contributed by atoms with Crippen LogP contribution in [0.15, 0.2) is 30.9 Å². The molecule has 2 aromatic heterocycles. The number of halogens is 1. The largest absolute Gasteiger partial charge is 0.469 e. The molecular formula is C17H22ClN6O8P. The zero-order valence-corrected chi connectivity index (χ0v) is 18.5. The summed E-state index contributed by atoms with van der Waals surface area (Å²) in [5.74, 6) is 0.704. The predicted octanol–water partition coefficient (Wildman–Crippen LogP) is -0.265. The molecule has 0 aliphatic carbocycles. The third kappa shape index (κ3) is 6.80. The molecule has 0 saturated carbocycles. The second kappa shape index (κ2) is 10.7. The number of rotatable bonds is 6. The zero-order valence-electron chi connectivity index (χ0n) is 16.8. The number of phosphoric acid groups is 1. The van der Waals surface area contributed by atoms with Crippen molar-refractivity contribution in [1.29, 1.82) is 0 Å². The van der Waals surface area contributed by atoms with E-state index in [2.05, 4.69) is 34.5 Å². The Hall–Kier alpha value is -2.39. The number of nitrogens with one attached hydrogen (secondary N) is 2. The first-order chi connectivity index (χ1) is 15.5. The van der Waals surface area contributed by atoms with Crippen LogP contribution in [0.1, 0.15) is 5.56 Å². The number of fused-ring (bicyclic) bond motifs is 1. The molecule has 0 amide bonds. The molecule has 0 bridgehead atoms. The van der Waals surface area contributed by atoms with Crippen LogP contribution in [-0.4, -0.2) is 76.3 Å². The molecule has 1 aliphatic rings. The molecule has 180 valence electrons. The van der Waals surface area contributed by atoms with Crippen molar-refractivity contribution in [3.63, 3.8) is 0 Å². The maximum atomic E-state index is 10.3. The van der Waals surface area contributed by atoms with Crippen LogP contribution in [-0.2, 0) is 20.4 Å². The summed E-state index contributed by atoms with van der Waals surface area (Å²) >= 11 is 5.98. The molecule has 16 heteroatoms. The van der Waals surface area contributed by atoms with Crippen LogP contribution in [0.4, 0.5) is 11.5 Å². The van der Waals surface area contributed by atoms with E-state index in [4.69, 9.17) is 42.4 Å². The number of anilines is 2. The van der Waals surface area contributed by atoms with Gasteiger partial charge in [-0.3, -0.25) is 4.52 Å². The number of ether oxygens (including phenoxy) is 1. The van der Waals surface area contributed by atoms with E-state index in [0.717, 1.165) is 11.1 Å². The fourth-order valence-corrected chi connectivity index (χ4v) is 3.35. The average molecular weight is 505 g/mol. The van der Waals surface area contributed by atoms with Gasteiger partial charge in [-0.05, 0) is 17.7 Å². The van der Waals surface area contributed by atoms with Gasteiger partial charge in [-0.1, -0.05) is 17.7 Å². The van der Waals surface area contributed by atoms with Crippen molar-refractivity contribution in [3.8, 4) is 0 Å². The zero-order chi connectivity index (χ0) is 24.2. The van der Waals surface area contributed by atoms with Gasteiger partial charge >= 0.3 is 7.82 Å². The molecule has 4 atom stereocenters. The van der Waals surface area contributed by atoms with Crippen LogP contribution in [0.5, 0.6) is 0 Å². The van der Waals surface area contributed by atoms with Gasteiger partial charge in [0.2, 0.25) is 0 Å². The van der Waals surface area contributed by atoms with Crippen molar-refractivity contribution < 1.29 is 38.9 Å². The highest BCUT2D eigenvalue weighted by Gasteiger charge is 2.42. The third-order valence-electron chi connectivity index (χ3n) is 4.49. The molecule has 3 aromatic rings. The third-order valence-corrected chi connectivity index (χ3v) is 5.30. The van der Waals surface area contributed by atoms with Gasteiger partial charge in [-0.25, -0.2) is 19.5 Å². The summed E-state index contributed by atoms with van der Waals surface area (Å²) in [6, 6.07) is 5.53. The minimum Gasteiger partial charge on any atom is -0.398 e. The van der Waals surface area contributed by atoms with Gasteiger partial charge in [0.25, 0.3) is 0 Å². The lowest BCUT2D eigenvalue weighted by Gasteiger charge is -2.14. The van der Waals surface area contributed by atoms with Crippen LogP contribution in [0, 0.1) is 0 Å². The Morgan fingerprint density at radius 1 is 1.21 bits per heavy atom. The van der Waals surface area contributed by atoms with Crippen LogP contribution in [0.2, 0.25) is 5.02 Å². The SMILES string of the molecule is Nc1ccc(CNc2ncnc3nc[nH]c23)cc1Cl.O=P(O)(O)OC[C@H]1OC(O)[C@H](O)[C@@H]1O. The summed E-state index contributed by atoms with van der Waals surface area (Å²) in [5, 5.41) is 30.8. The van der Waals surface area contributed by atoms with Crippen molar-refractivity contribution in [2.45, 2.75) is 31.1 Å². The first-order valence-electron chi connectivity index (χ1n) is 9.36.